The summed E-state index contributed by atoms with van der Waals surface area (Å²) in [7, 11) is 0. The third-order valence-electron chi connectivity index (χ3n) is 4.18. The van der Waals surface area contributed by atoms with Crippen molar-refractivity contribution in [3.8, 4) is 0 Å². The van der Waals surface area contributed by atoms with Crippen molar-refractivity contribution in [1.82, 2.24) is 14.8 Å². The van der Waals surface area contributed by atoms with Crippen molar-refractivity contribution in [2.75, 3.05) is 31.5 Å². The Morgan fingerprint density at radius 1 is 1.24 bits per heavy atom. The lowest BCUT2D eigenvalue weighted by molar-refractivity contribution is 0.278. The largest absolute Gasteiger partial charge is 0.348 e. The summed E-state index contributed by atoms with van der Waals surface area (Å²) in [6.45, 7) is 4.60. The van der Waals surface area contributed by atoms with Gasteiger partial charge in [0.1, 0.15) is 5.82 Å². The Bertz CT molecular complexity index is 728. The molecule has 1 fully saturated rings. The van der Waals surface area contributed by atoms with Crippen LogP contribution in [0.2, 0.25) is 5.02 Å². The smallest absolute Gasteiger partial charge is 0.173 e. The first-order chi connectivity index (χ1) is 12.1. The molecule has 0 bridgehead atoms. The van der Waals surface area contributed by atoms with E-state index in [1.54, 1.807) is 18.3 Å². The van der Waals surface area contributed by atoms with E-state index in [2.05, 4.69) is 26.2 Å². The van der Waals surface area contributed by atoms with Crippen LogP contribution >= 0.6 is 23.8 Å². The minimum atomic E-state index is -0.432. The van der Waals surface area contributed by atoms with Crippen LogP contribution in [0.1, 0.15) is 12.0 Å². The van der Waals surface area contributed by atoms with Crippen LogP contribution in [0.25, 0.3) is 0 Å². The predicted molar refractivity (Wildman–Crippen MR) is 103 cm³/mol. The molecule has 0 radical (unpaired) electrons. The molecule has 1 saturated heterocycles. The van der Waals surface area contributed by atoms with E-state index in [1.807, 2.05) is 12.3 Å². The van der Waals surface area contributed by atoms with Gasteiger partial charge < -0.3 is 10.2 Å². The summed E-state index contributed by atoms with van der Waals surface area (Å²) in [5.41, 5.74) is 1.92. The number of nitrogens with zero attached hydrogens (tertiary/aromatic N) is 3. The molecule has 0 spiro atoms. The fourth-order valence-corrected chi connectivity index (χ4v) is 3.34. The molecule has 25 heavy (non-hydrogen) atoms. The zero-order valence-electron chi connectivity index (χ0n) is 13.8. The number of hydrogen-bond acceptors (Lipinski definition) is 3. The van der Waals surface area contributed by atoms with Gasteiger partial charge in [-0.3, -0.25) is 9.88 Å². The first kappa shape index (κ1) is 18.0. The van der Waals surface area contributed by atoms with E-state index in [0.717, 1.165) is 39.1 Å². The van der Waals surface area contributed by atoms with E-state index in [0.29, 0.717) is 10.8 Å². The van der Waals surface area contributed by atoms with Crippen LogP contribution in [0.15, 0.2) is 42.7 Å². The van der Waals surface area contributed by atoms with Crippen molar-refractivity contribution < 1.29 is 4.39 Å². The minimum Gasteiger partial charge on any atom is -0.348 e. The van der Waals surface area contributed by atoms with Crippen LogP contribution in [0.3, 0.4) is 0 Å². The van der Waals surface area contributed by atoms with Gasteiger partial charge in [-0.05, 0) is 48.5 Å². The predicted octanol–water partition coefficient (Wildman–Crippen LogP) is 3.78. The Kier molecular flexibility index (Phi) is 6.18. The van der Waals surface area contributed by atoms with Gasteiger partial charge in [0.2, 0.25) is 0 Å². The third-order valence-corrected chi connectivity index (χ3v) is 4.83. The van der Waals surface area contributed by atoms with Gasteiger partial charge in [0.05, 0.1) is 5.02 Å². The molecule has 3 rings (SSSR count). The number of halogens is 2. The maximum absolute atomic E-state index is 13.3. The number of aromatic nitrogens is 1. The quantitative estimate of drug-likeness (QED) is 0.821. The highest BCUT2D eigenvalue weighted by Gasteiger charge is 2.17. The van der Waals surface area contributed by atoms with Crippen LogP contribution < -0.4 is 5.32 Å². The van der Waals surface area contributed by atoms with Crippen LogP contribution in [-0.2, 0) is 6.54 Å². The lowest BCUT2D eigenvalue weighted by Gasteiger charge is -2.24. The highest BCUT2D eigenvalue weighted by atomic mass is 35.5. The summed E-state index contributed by atoms with van der Waals surface area (Å²) in [5.74, 6) is -0.432. The average molecular weight is 379 g/mol. The molecule has 0 aliphatic carbocycles. The van der Waals surface area contributed by atoms with Crippen LogP contribution in [0.5, 0.6) is 0 Å². The fourth-order valence-electron chi connectivity index (χ4n) is 2.86. The molecular weight excluding hydrogens is 359 g/mol. The molecule has 132 valence electrons. The first-order valence-electron chi connectivity index (χ1n) is 8.24. The van der Waals surface area contributed by atoms with Crippen molar-refractivity contribution in [3.05, 3.63) is 59.1 Å². The zero-order chi connectivity index (χ0) is 17.6. The molecule has 0 atom stereocenters. The van der Waals surface area contributed by atoms with Crippen LogP contribution in [0.4, 0.5) is 10.1 Å². The molecule has 0 saturated carbocycles. The molecule has 4 nitrogen and oxygen atoms in total. The average Bonchev–Trinajstić information content (AvgIpc) is 2.85. The molecule has 7 heteroatoms. The Morgan fingerprint density at radius 3 is 2.88 bits per heavy atom. The van der Waals surface area contributed by atoms with Gasteiger partial charge >= 0.3 is 0 Å². The Labute approximate surface area is 157 Å². The van der Waals surface area contributed by atoms with E-state index in [9.17, 15) is 4.39 Å². The second kappa shape index (κ2) is 8.56. The molecule has 2 aromatic rings. The standard InChI is InChI=1S/C18H20ClFN4S/c19-16-11-15(4-5-17(16)20)22-18(25)24-8-2-7-23(9-10-24)13-14-3-1-6-21-12-14/h1,3-6,11-12H,2,7-10,13H2,(H,22,25). The van der Waals surface area contributed by atoms with E-state index in [1.165, 1.54) is 11.6 Å². The number of anilines is 1. The second-order valence-corrected chi connectivity index (χ2v) is 6.83. The number of benzene rings is 1. The Balaban J connectivity index is 1.55. The third kappa shape index (κ3) is 5.11. The SMILES string of the molecule is Fc1ccc(NC(=S)N2CCCN(Cc3cccnc3)CC2)cc1Cl. The van der Waals surface area contributed by atoms with Crippen LogP contribution in [0, 0.1) is 5.82 Å². The van der Waals surface area contributed by atoms with Crippen molar-refractivity contribution in [2.45, 2.75) is 13.0 Å². The Hall–Kier alpha value is -1.76. The van der Waals surface area contributed by atoms with E-state index in [4.69, 9.17) is 23.8 Å². The topological polar surface area (TPSA) is 31.4 Å². The lowest BCUT2D eigenvalue weighted by atomic mass is 10.2. The van der Waals surface area contributed by atoms with E-state index < -0.39 is 5.82 Å². The monoisotopic (exact) mass is 378 g/mol. The maximum atomic E-state index is 13.3. The van der Waals surface area contributed by atoms with Gasteiger partial charge in [0.25, 0.3) is 0 Å². The van der Waals surface area contributed by atoms with Gasteiger partial charge in [0.15, 0.2) is 5.11 Å². The molecule has 0 unspecified atom stereocenters. The van der Waals surface area contributed by atoms with Crippen molar-refractivity contribution >= 4 is 34.6 Å². The maximum Gasteiger partial charge on any atom is 0.173 e. The van der Waals surface area contributed by atoms with Gasteiger partial charge in [-0.2, -0.15) is 0 Å². The molecule has 1 aromatic carbocycles. The molecular formula is C18H20ClFN4S. The molecule has 1 aliphatic heterocycles. The molecule has 0 amide bonds. The summed E-state index contributed by atoms with van der Waals surface area (Å²) >= 11 is 11.3. The highest BCUT2D eigenvalue weighted by Crippen LogP contribution is 2.20. The van der Waals surface area contributed by atoms with Crippen molar-refractivity contribution in [3.63, 3.8) is 0 Å². The van der Waals surface area contributed by atoms with Gasteiger partial charge in [-0.25, -0.2) is 4.39 Å². The fraction of sp³-hybridized carbons (Fsp3) is 0.333. The molecule has 1 aromatic heterocycles. The van der Waals surface area contributed by atoms with Crippen molar-refractivity contribution in [1.29, 1.82) is 0 Å². The van der Waals surface area contributed by atoms with E-state index >= 15 is 0 Å². The van der Waals surface area contributed by atoms with Gasteiger partial charge in [-0.1, -0.05) is 17.7 Å². The summed E-state index contributed by atoms with van der Waals surface area (Å²) < 4.78 is 13.3. The second-order valence-electron chi connectivity index (χ2n) is 6.04. The number of thiocarbonyl (C=S) groups is 1. The number of pyridine rings is 1. The summed E-state index contributed by atoms with van der Waals surface area (Å²) in [5, 5.41) is 3.88. The van der Waals surface area contributed by atoms with Crippen molar-refractivity contribution in [2.24, 2.45) is 0 Å². The highest BCUT2D eigenvalue weighted by molar-refractivity contribution is 7.80. The van der Waals surface area contributed by atoms with Crippen LogP contribution in [-0.4, -0.2) is 46.1 Å². The van der Waals surface area contributed by atoms with Gasteiger partial charge in [-0.15, -0.1) is 0 Å². The minimum absolute atomic E-state index is 0.0892. The van der Waals surface area contributed by atoms with E-state index in [-0.39, 0.29) is 5.02 Å². The summed E-state index contributed by atoms with van der Waals surface area (Å²) in [4.78, 5) is 8.73. The molecule has 1 aliphatic rings. The normalized spacial score (nSPS) is 15.7. The van der Waals surface area contributed by atoms with Gasteiger partial charge in [0, 0.05) is 50.8 Å². The molecule has 1 N–H and O–H groups in total. The number of hydrogen-bond donors (Lipinski definition) is 1. The Morgan fingerprint density at radius 2 is 2.12 bits per heavy atom. The molecule has 2 heterocycles. The summed E-state index contributed by atoms with van der Waals surface area (Å²) in [6, 6.07) is 8.59. The number of nitrogens with one attached hydrogen (secondary N) is 1. The first-order valence-corrected chi connectivity index (χ1v) is 9.03. The zero-order valence-corrected chi connectivity index (χ0v) is 15.4. The number of rotatable bonds is 3. The lowest BCUT2D eigenvalue weighted by Crippen LogP contribution is -2.37. The summed E-state index contributed by atoms with van der Waals surface area (Å²) in [6.07, 6.45) is 4.73.